The normalized spacial score (nSPS) is 15.2. The van der Waals surface area contributed by atoms with Crippen LogP contribution in [0.25, 0.3) is 0 Å². The van der Waals surface area contributed by atoms with Crippen LogP contribution in [0.1, 0.15) is 12.8 Å². The van der Waals surface area contributed by atoms with Crippen LogP contribution in [0.5, 0.6) is 11.5 Å². The summed E-state index contributed by atoms with van der Waals surface area (Å²) in [6.07, 6.45) is 1.32. The average Bonchev–Trinajstić information content (AvgIpc) is 2.60. The molecule has 0 aliphatic carbocycles. The molecule has 1 heterocycles. The number of alkyl halides is 2. The predicted octanol–water partition coefficient (Wildman–Crippen LogP) is 1.98. The van der Waals surface area contributed by atoms with Gasteiger partial charge in [0.25, 0.3) is 11.8 Å². The highest BCUT2D eigenvalue weighted by atomic mass is 35.5. The van der Waals surface area contributed by atoms with Crippen LogP contribution in [0.2, 0.25) is 0 Å². The van der Waals surface area contributed by atoms with E-state index in [1.54, 1.807) is 24.1 Å². The molecular weight excluding hydrogens is 355 g/mol. The number of carbonyl (C=O) groups is 2. The van der Waals surface area contributed by atoms with Gasteiger partial charge in [0, 0.05) is 19.1 Å². The molecule has 0 aromatic heterocycles. The van der Waals surface area contributed by atoms with Gasteiger partial charge in [0.2, 0.25) is 0 Å². The molecule has 1 aromatic carbocycles. The zero-order chi connectivity index (χ0) is 17.5. The Balaban J connectivity index is 1.78. The summed E-state index contributed by atoms with van der Waals surface area (Å²) >= 11 is 11.0. The third kappa shape index (κ3) is 5.18. The molecule has 0 radical (unpaired) electrons. The number of carbonyl (C=O) groups excluding carboxylic acids is 2. The molecule has 132 valence electrons. The molecule has 6 nitrogen and oxygen atoms in total. The topological polar surface area (TPSA) is 67.9 Å². The van der Waals surface area contributed by atoms with Crippen LogP contribution in [0.4, 0.5) is 0 Å². The van der Waals surface area contributed by atoms with Crippen LogP contribution in [-0.4, -0.2) is 54.4 Å². The standard InChI is InChI=1S/C16H20Cl2N2O4/c1-23-12-4-2-3-5-13(12)24-10-14(21)20-8-6-11(7-9-20)19-16(22)15(17)18/h2-5,11,15H,6-10H2,1H3,(H,19,22). The van der Waals surface area contributed by atoms with Gasteiger partial charge in [-0.2, -0.15) is 0 Å². The van der Waals surface area contributed by atoms with Crippen molar-refractivity contribution in [2.24, 2.45) is 0 Å². The summed E-state index contributed by atoms with van der Waals surface area (Å²) in [5.41, 5.74) is 0. The highest BCUT2D eigenvalue weighted by molar-refractivity contribution is 6.53. The fourth-order valence-corrected chi connectivity index (χ4v) is 2.63. The van der Waals surface area contributed by atoms with Crippen molar-refractivity contribution in [2.75, 3.05) is 26.8 Å². The van der Waals surface area contributed by atoms with E-state index in [1.807, 2.05) is 12.1 Å². The van der Waals surface area contributed by atoms with Gasteiger partial charge in [-0.15, -0.1) is 0 Å². The lowest BCUT2D eigenvalue weighted by Crippen LogP contribution is -2.48. The van der Waals surface area contributed by atoms with E-state index in [2.05, 4.69) is 5.32 Å². The van der Waals surface area contributed by atoms with Crippen molar-refractivity contribution in [1.82, 2.24) is 10.2 Å². The molecular formula is C16H20Cl2N2O4. The van der Waals surface area contributed by atoms with Gasteiger partial charge in [-0.05, 0) is 25.0 Å². The van der Waals surface area contributed by atoms with Crippen LogP contribution in [-0.2, 0) is 9.59 Å². The van der Waals surface area contributed by atoms with Gasteiger partial charge in [0.05, 0.1) is 7.11 Å². The maximum Gasteiger partial charge on any atom is 0.260 e. The minimum absolute atomic E-state index is 0.0170. The molecule has 24 heavy (non-hydrogen) atoms. The second kappa shape index (κ2) is 8.99. The van der Waals surface area contributed by atoms with Crippen LogP contribution >= 0.6 is 23.2 Å². The first kappa shape index (κ1) is 18.7. The number of hydrogen-bond acceptors (Lipinski definition) is 4. The number of para-hydroxylation sites is 2. The summed E-state index contributed by atoms with van der Waals surface area (Å²) in [5, 5.41) is 2.76. The first-order valence-electron chi connectivity index (χ1n) is 7.63. The van der Waals surface area contributed by atoms with Gasteiger partial charge < -0.3 is 19.7 Å². The Morgan fingerprint density at radius 3 is 2.46 bits per heavy atom. The Bertz CT molecular complexity index is 575. The van der Waals surface area contributed by atoms with E-state index in [-0.39, 0.29) is 18.6 Å². The number of piperidine rings is 1. The van der Waals surface area contributed by atoms with Gasteiger partial charge in [-0.1, -0.05) is 35.3 Å². The zero-order valence-electron chi connectivity index (χ0n) is 13.3. The van der Waals surface area contributed by atoms with E-state index in [0.717, 1.165) is 0 Å². The van der Waals surface area contributed by atoms with Crippen molar-refractivity contribution in [2.45, 2.75) is 23.7 Å². The second-order valence-electron chi connectivity index (χ2n) is 5.40. The van der Waals surface area contributed by atoms with Gasteiger partial charge in [-0.3, -0.25) is 9.59 Å². The summed E-state index contributed by atoms with van der Waals surface area (Å²) < 4.78 is 10.7. The molecule has 0 atom stereocenters. The van der Waals surface area contributed by atoms with E-state index in [1.165, 1.54) is 0 Å². The van der Waals surface area contributed by atoms with E-state index < -0.39 is 10.7 Å². The highest BCUT2D eigenvalue weighted by Crippen LogP contribution is 2.25. The lowest BCUT2D eigenvalue weighted by molar-refractivity contribution is -0.134. The monoisotopic (exact) mass is 374 g/mol. The van der Waals surface area contributed by atoms with Gasteiger partial charge >= 0.3 is 0 Å². The van der Waals surface area contributed by atoms with Crippen LogP contribution < -0.4 is 14.8 Å². The van der Waals surface area contributed by atoms with Crippen LogP contribution in [0.3, 0.4) is 0 Å². The molecule has 1 fully saturated rings. The number of rotatable bonds is 6. The summed E-state index contributed by atoms with van der Waals surface area (Å²) in [5.74, 6) is 0.620. The lowest BCUT2D eigenvalue weighted by Gasteiger charge is -2.32. The maximum absolute atomic E-state index is 12.2. The molecule has 2 amide bonds. The van der Waals surface area contributed by atoms with Crippen molar-refractivity contribution >= 4 is 35.0 Å². The first-order valence-corrected chi connectivity index (χ1v) is 8.50. The summed E-state index contributed by atoms with van der Waals surface area (Å²) in [6, 6.07) is 7.16. The number of halogens is 2. The molecule has 2 rings (SSSR count). The van der Waals surface area contributed by atoms with Crippen molar-refractivity contribution in [1.29, 1.82) is 0 Å². The molecule has 0 saturated carbocycles. The molecule has 1 aliphatic rings. The van der Waals surface area contributed by atoms with E-state index >= 15 is 0 Å². The number of hydrogen-bond donors (Lipinski definition) is 1. The SMILES string of the molecule is COc1ccccc1OCC(=O)N1CCC(NC(=O)C(Cl)Cl)CC1. The summed E-state index contributed by atoms with van der Waals surface area (Å²) in [7, 11) is 1.55. The van der Waals surface area contributed by atoms with Crippen molar-refractivity contribution in [3.05, 3.63) is 24.3 Å². The number of methoxy groups -OCH3 is 1. The smallest absolute Gasteiger partial charge is 0.260 e. The molecule has 1 aromatic rings. The molecule has 0 unspecified atom stereocenters. The van der Waals surface area contributed by atoms with Crippen LogP contribution in [0, 0.1) is 0 Å². The molecule has 1 saturated heterocycles. The fourth-order valence-electron chi connectivity index (χ4n) is 2.51. The lowest BCUT2D eigenvalue weighted by atomic mass is 10.1. The predicted molar refractivity (Wildman–Crippen MR) is 91.7 cm³/mol. The molecule has 1 aliphatic heterocycles. The number of benzene rings is 1. The summed E-state index contributed by atoms with van der Waals surface area (Å²) in [6.45, 7) is 1.05. The first-order chi connectivity index (χ1) is 11.5. The second-order valence-corrected chi connectivity index (χ2v) is 6.50. The highest BCUT2D eigenvalue weighted by Gasteiger charge is 2.25. The minimum Gasteiger partial charge on any atom is -0.493 e. The van der Waals surface area contributed by atoms with Gasteiger partial charge in [-0.25, -0.2) is 0 Å². The zero-order valence-corrected chi connectivity index (χ0v) is 14.8. The number of ether oxygens (including phenoxy) is 2. The van der Waals surface area contributed by atoms with E-state index in [9.17, 15) is 9.59 Å². The Morgan fingerprint density at radius 1 is 1.25 bits per heavy atom. The number of likely N-dealkylation sites (tertiary alicyclic amines) is 1. The molecule has 8 heteroatoms. The van der Waals surface area contributed by atoms with Crippen LogP contribution in [0.15, 0.2) is 24.3 Å². The molecule has 0 bridgehead atoms. The Morgan fingerprint density at radius 2 is 1.88 bits per heavy atom. The number of nitrogens with one attached hydrogen (secondary N) is 1. The number of nitrogens with zero attached hydrogens (tertiary/aromatic N) is 1. The quantitative estimate of drug-likeness (QED) is 0.773. The largest absolute Gasteiger partial charge is 0.493 e. The van der Waals surface area contributed by atoms with E-state index in [4.69, 9.17) is 32.7 Å². The minimum atomic E-state index is -1.07. The fraction of sp³-hybridized carbons (Fsp3) is 0.500. The average molecular weight is 375 g/mol. The van der Waals surface area contributed by atoms with Gasteiger partial charge in [0.15, 0.2) is 22.9 Å². The molecule has 0 spiro atoms. The Kier molecular flexibility index (Phi) is 6.99. The Hall–Kier alpha value is -1.66. The third-order valence-corrected chi connectivity index (χ3v) is 4.21. The maximum atomic E-state index is 12.2. The summed E-state index contributed by atoms with van der Waals surface area (Å²) in [4.78, 5) is 24.3. The third-order valence-electron chi connectivity index (χ3n) is 3.81. The van der Waals surface area contributed by atoms with Crippen molar-refractivity contribution < 1.29 is 19.1 Å². The van der Waals surface area contributed by atoms with Gasteiger partial charge in [0.1, 0.15) is 0 Å². The van der Waals surface area contributed by atoms with Crippen molar-refractivity contribution in [3.8, 4) is 11.5 Å². The number of amides is 2. The Labute approximate surface area is 151 Å². The van der Waals surface area contributed by atoms with Crippen molar-refractivity contribution in [3.63, 3.8) is 0 Å². The molecule has 1 N–H and O–H groups in total. The van der Waals surface area contributed by atoms with E-state index in [0.29, 0.717) is 37.4 Å².